The molecule has 1 fully saturated rings. The van der Waals surface area contributed by atoms with Crippen LogP contribution >= 0.6 is 0 Å². The third-order valence-corrected chi connectivity index (χ3v) is 3.67. The molecule has 20 heavy (non-hydrogen) atoms. The molecule has 1 saturated heterocycles. The van der Waals surface area contributed by atoms with E-state index in [-0.39, 0.29) is 11.9 Å². The maximum absolute atomic E-state index is 11.8. The predicted molar refractivity (Wildman–Crippen MR) is 81.5 cm³/mol. The SMILES string of the molecule is CC(C)CC(CNC(=O)CCC(C)N)N1CCOCC1. The average Bonchev–Trinajstić information content (AvgIpc) is 2.41. The first-order valence-electron chi connectivity index (χ1n) is 7.83. The standard InChI is InChI=1S/C15H31N3O2/c1-12(2)10-14(18-6-8-20-9-7-18)11-17-15(19)5-4-13(3)16/h12-14H,4-11,16H2,1-3H3,(H,17,19). The molecule has 0 spiro atoms. The second kappa shape index (κ2) is 9.32. The summed E-state index contributed by atoms with van der Waals surface area (Å²) >= 11 is 0. The van der Waals surface area contributed by atoms with E-state index in [0.717, 1.165) is 45.7 Å². The van der Waals surface area contributed by atoms with Gasteiger partial charge in [-0.25, -0.2) is 0 Å². The molecule has 5 heteroatoms. The minimum atomic E-state index is 0.0893. The number of amides is 1. The van der Waals surface area contributed by atoms with Gasteiger partial charge in [0.15, 0.2) is 0 Å². The lowest BCUT2D eigenvalue weighted by atomic mass is 10.0. The highest BCUT2D eigenvalue weighted by Gasteiger charge is 2.22. The van der Waals surface area contributed by atoms with Crippen molar-refractivity contribution in [1.29, 1.82) is 0 Å². The molecule has 0 aromatic rings. The number of nitrogens with zero attached hydrogens (tertiary/aromatic N) is 1. The second-order valence-electron chi connectivity index (χ2n) is 6.25. The van der Waals surface area contributed by atoms with Gasteiger partial charge < -0.3 is 15.8 Å². The Morgan fingerprint density at radius 1 is 1.30 bits per heavy atom. The largest absolute Gasteiger partial charge is 0.379 e. The van der Waals surface area contributed by atoms with E-state index >= 15 is 0 Å². The van der Waals surface area contributed by atoms with Crippen LogP contribution in [-0.2, 0) is 9.53 Å². The molecule has 0 aliphatic carbocycles. The monoisotopic (exact) mass is 285 g/mol. The van der Waals surface area contributed by atoms with Crippen molar-refractivity contribution in [2.75, 3.05) is 32.8 Å². The van der Waals surface area contributed by atoms with E-state index in [2.05, 4.69) is 24.1 Å². The van der Waals surface area contributed by atoms with Gasteiger partial charge in [-0.1, -0.05) is 13.8 Å². The molecule has 1 aliphatic heterocycles. The van der Waals surface area contributed by atoms with Crippen LogP contribution < -0.4 is 11.1 Å². The summed E-state index contributed by atoms with van der Waals surface area (Å²) < 4.78 is 5.40. The highest BCUT2D eigenvalue weighted by Crippen LogP contribution is 2.13. The molecule has 1 aliphatic rings. The van der Waals surface area contributed by atoms with Crippen molar-refractivity contribution < 1.29 is 9.53 Å². The highest BCUT2D eigenvalue weighted by molar-refractivity contribution is 5.75. The van der Waals surface area contributed by atoms with Gasteiger partial charge >= 0.3 is 0 Å². The molecule has 0 aromatic heterocycles. The fourth-order valence-electron chi connectivity index (χ4n) is 2.53. The molecule has 0 bridgehead atoms. The highest BCUT2D eigenvalue weighted by atomic mass is 16.5. The van der Waals surface area contributed by atoms with Gasteiger partial charge in [0, 0.05) is 38.1 Å². The van der Waals surface area contributed by atoms with Crippen LogP contribution in [0.1, 0.15) is 40.0 Å². The van der Waals surface area contributed by atoms with Gasteiger partial charge in [-0.05, 0) is 25.7 Å². The Labute approximate surface area is 123 Å². The molecule has 2 unspecified atom stereocenters. The van der Waals surface area contributed by atoms with Gasteiger partial charge in [-0.2, -0.15) is 0 Å². The third kappa shape index (κ3) is 7.22. The molecule has 2 atom stereocenters. The van der Waals surface area contributed by atoms with Crippen molar-refractivity contribution >= 4 is 5.91 Å². The number of ether oxygens (including phenoxy) is 1. The first-order chi connectivity index (χ1) is 9.49. The van der Waals surface area contributed by atoms with Crippen molar-refractivity contribution in [2.45, 2.75) is 52.1 Å². The first kappa shape index (κ1) is 17.4. The van der Waals surface area contributed by atoms with Crippen LogP contribution in [0.15, 0.2) is 0 Å². The minimum Gasteiger partial charge on any atom is -0.379 e. The van der Waals surface area contributed by atoms with E-state index in [4.69, 9.17) is 10.5 Å². The topological polar surface area (TPSA) is 67.6 Å². The number of rotatable bonds is 8. The number of hydrogen-bond donors (Lipinski definition) is 2. The second-order valence-corrected chi connectivity index (χ2v) is 6.25. The Hall–Kier alpha value is -0.650. The Morgan fingerprint density at radius 3 is 2.50 bits per heavy atom. The molecule has 118 valence electrons. The van der Waals surface area contributed by atoms with Gasteiger partial charge in [-0.3, -0.25) is 9.69 Å². The van der Waals surface area contributed by atoms with Crippen molar-refractivity contribution in [2.24, 2.45) is 11.7 Å². The Kier molecular flexibility index (Phi) is 8.11. The predicted octanol–water partition coefficient (Wildman–Crippen LogP) is 0.977. The lowest BCUT2D eigenvalue weighted by Crippen LogP contribution is -2.49. The van der Waals surface area contributed by atoms with Crippen LogP contribution in [0, 0.1) is 5.92 Å². The zero-order valence-electron chi connectivity index (χ0n) is 13.2. The molecular formula is C15H31N3O2. The normalized spacial score (nSPS) is 19.9. The minimum absolute atomic E-state index is 0.0893. The lowest BCUT2D eigenvalue weighted by molar-refractivity contribution is -0.121. The molecule has 0 aromatic carbocycles. The molecular weight excluding hydrogens is 254 g/mol. The number of hydrogen-bond acceptors (Lipinski definition) is 4. The van der Waals surface area contributed by atoms with Crippen LogP contribution in [0.4, 0.5) is 0 Å². The number of carbonyl (C=O) groups is 1. The number of nitrogens with one attached hydrogen (secondary N) is 1. The molecule has 0 saturated carbocycles. The summed E-state index contributed by atoms with van der Waals surface area (Å²) in [5, 5.41) is 3.06. The maximum atomic E-state index is 11.8. The Balaban J connectivity index is 2.37. The van der Waals surface area contributed by atoms with E-state index < -0.39 is 0 Å². The van der Waals surface area contributed by atoms with Crippen molar-refractivity contribution in [1.82, 2.24) is 10.2 Å². The Bertz CT molecular complexity index is 276. The van der Waals surface area contributed by atoms with E-state index in [0.29, 0.717) is 18.4 Å². The molecule has 1 amide bonds. The van der Waals surface area contributed by atoms with Crippen LogP contribution in [0.5, 0.6) is 0 Å². The summed E-state index contributed by atoms with van der Waals surface area (Å²) in [4.78, 5) is 14.3. The number of carbonyl (C=O) groups excluding carboxylic acids is 1. The fraction of sp³-hybridized carbons (Fsp3) is 0.933. The summed E-state index contributed by atoms with van der Waals surface area (Å²) in [6.07, 6.45) is 2.38. The molecule has 3 N–H and O–H groups in total. The van der Waals surface area contributed by atoms with Gasteiger partial charge in [0.2, 0.25) is 5.91 Å². The van der Waals surface area contributed by atoms with E-state index in [1.807, 2.05) is 6.92 Å². The summed E-state index contributed by atoms with van der Waals surface area (Å²) in [7, 11) is 0. The zero-order valence-corrected chi connectivity index (χ0v) is 13.2. The number of morpholine rings is 1. The summed E-state index contributed by atoms with van der Waals surface area (Å²) in [5.41, 5.74) is 5.68. The van der Waals surface area contributed by atoms with E-state index in [1.165, 1.54) is 0 Å². The fourth-order valence-corrected chi connectivity index (χ4v) is 2.53. The molecule has 0 radical (unpaired) electrons. The van der Waals surface area contributed by atoms with Crippen molar-refractivity contribution in [3.05, 3.63) is 0 Å². The van der Waals surface area contributed by atoms with Gasteiger partial charge in [0.05, 0.1) is 13.2 Å². The quantitative estimate of drug-likeness (QED) is 0.697. The molecule has 1 heterocycles. The van der Waals surface area contributed by atoms with Crippen LogP contribution in [0.25, 0.3) is 0 Å². The number of nitrogens with two attached hydrogens (primary N) is 1. The van der Waals surface area contributed by atoms with E-state index in [1.54, 1.807) is 0 Å². The maximum Gasteiger partial charge on any atom is 0.220 e. The average molecular weight is 285 g/mol. The van der Waals surface area contributed by atoms with Gasteiger partial charge in [0.1, 0.15) is 0 Å². The van der Waals surface area contributed by atoms with E-state index in [9.17, 15) is 4.79 Å². The van der Waals surface area contributed by atoms with Crippen LogP contribution in [0.3, 0.4) is 0 Å². The summed E-state index contributed by atoms with van der Waals surface area (Å²) in [6, 6.07) is 0.504. The summed E-state index contributed by atoms with van der Waals surface area (Å²) in [6.45, 7) is 10.6. The third-order valence-electron chi connectivity index (χ3n) is 3.67. The lowest BCUT2D eigenvalue weighted by Gasteiger charge is -2.35. The van der Waals surface area contributed by atoms with Crippen molar-refractivity contribution in [3.63, 3.8) is 0 Å². The molecule has 1 rings (SSSR count). The Morgan fingerprint density at radius 2 is 1.95 bits per heavy atom. The van der Waals surface area contributed by atoms with Crippen LogP contribution in [0.2, 0.25) is 0 Å². The first-order valence-corrected chi connectivity index (χ1v) is 7.83. The van der Waals surface area contributed by atoms with Gasteiger partial charge in [-0.15, -0.1) is 0 Å². The van der Waals surface area contributed by atoms with Crippen LogP contribution in [-0.4, -0.2) is 55.7 Å². The van der Waals surface area contributed by atoms with Crippen molar-refractivity contribution in [3.8, 4) is 0 Å². The smallest absolute Gasteiger partial charge is 0.220 e. The summed E-state index contributed by atoms with van der Waals surface area (Å²) in [5.74, 6) is 0.744. The molecule has 5 nitrogen and oxygen atoms in total. The zero-order chi connectivity index (χ0) is 15.0. The van der Waals surface area contributed by atoms with Gasteiger partial charge in [0.25, 0.3) is 0 Å².